The molecule has 3 rings (SSSR count). The zero-order valence-electron chi connectivity index (χ0n) is 13.3. The van der Waals surface area contributed by atoms with Gasteiger partial charge in [-0.25, -0.2) is 4.39 Å². The van der Waals surface area contributed by atoms with Crippen molar-refractivity contribution in [1.82, 2.24) is 9.80 Å². The van der Waals surface area contributed by atoms with Crippen LogP contribution >= 0.6 is 0 Å². The summed E-state index contributed by atoms with van der Waals surface area (Å²) in [6.45, 7) is 3.84. The summed E-state index contributed by atoms with van der Waals surface area (Å²) >= 11 is 0. The summed E-state index contributed by atoms with van der Waals surface area (Å²) in [5, 5.41) is 0. The number of hydrogen-bond acceptors (Lipinski definition) is 4. The SMILES string of the molecule is N[C@@H]1CCCN(C(=O)[C@@H](c2cccc(F)c2)N2CCOCC2)C1. The number of amides is 1. The van der Waals surface area contributed by atoms with E-state index in [0.29, 0.717) is 38.4 Å². The van der Waals surface area contributed by atoms with Gasteiger partial charge in [0.1, 0.15) is 11.9 Å². The van der Waals surface area contributed by atoms with E-state index in [2.05, 4.69) is 4.90 Å². The molecule has 5 nitrogen and oxygen atoms in total. The van der Waals surface area contributed by atoms with Gasteiger partial charge in [-0.15, -0.1) is 0 Å². The molecule has 2 saturated heterocycles. The van der Waals surface area contributed by atoms with Crippen LogP contribution in [-0.4, -0.2) is 61.1 Å². The smallest absolute Gasteiger partial charge is 0.244 e. The van der Waals surface area contributed by atoms with E-state index in [1.807, 2.05) is 11.0 Å². The van der Waals surface area contributed by atoms with Gasteiger partial charge in [0.25, 0.3) is 0 Å². The number of morpholine rings is 1. The first-order valence-corrected chi connectivity index (χ1v) is 8.27. The molecule has 0 spiro atoms. The Morgan fingerprint density at radius 2 is 2.09 bits per heavy atom. The van der Waals surface area contributed by atoms with Crippen LogP contribution in [0.25, 0.3) is 0 Å². The Bertz CT molecular complexity index is 548. The number of halogens is 1. The molecule has 6 heteroatoms. The molecule has 1 aromatic rings. The molecule has 2 fully saturated rings. The number of carbonyl (C=O) groups excluding carboxylic acids is 1. The lowest BCUT2D eigenvalue weighted by Crippen LogP contribution is -2.51. The third-order valence-electron chi connectivity index (χ3n) is 4.58. The minimum atomic E-state index is -0.458. The van der Waals surface area contributed by atoms with Gasteiger partial charge >= 0.3 is 0 Å². The van der Waals surface area contributed by atoms with Crippen LogP contribution in [0.4, 0.5) is 4.39 Å². The van der Waals surface area contributed by atoms with E-state index in [4.69, 9.17) is 10.5 Å². The highest BCUT2D eigenvalue weighted by molar-refractivity contribution is 5.83. The fourth-order valence-electron chi connectivity index (χ4n) is 3.41. The van der Waals surface area contributed by atoms with Gasteiger partial charge < -0.3 is 15.4 Å². The molecule has 23 heavy (non-hydrogen) atoms. The highest BCUT2D eigenvalue weighted by atomic mass is 19.1. The largest absolute Gasteiger partial charge is 0.379 e. The average Bonchev–Trinajstić information content (AvgIpc) is 2.56. The lowest BCUT2D eigenvalue weighted by molar-refractivity contribution is -0.140. The van der Waals surface area contributed by atoms with Gasteiger partial charge in [0, 0.05) is 32.2 Å². The second kappa shape index (κ2) is 7.38. The standard InChI is InChI=1S/C17H24FN3O2/c18-14-4-1-3-13(11-14)16(20-7-9-23-10-8-20)17(22)21-6-2-5-15(19)12-21/h1,3-4,11,15-16H,2,5-10,12,19H2/t15-,16-/m1/s1. The molecule has 2 atom stereocenters. The molecule has 0 radical (unpaired) electrons. The van der Waals surface area contributed by atoms with Crippen molar-refractivity contribution in [3.05, 3.63) is 35.6 Å². The molecular formula is C17H24FN3O2. The minimum Gasteiger partial charge on any atom is -0.379 e. The lowest BCUT2D eigenvalue weighted by Gasteiger charge is -2.39. The number of benzene rings is 1. The van der Waals surface area contributed by atoms with Crippen LogP contribution in [0.2, 0.25) is 0 Å². The van der Waals surface area contributed by atoms with E-state index in [1.54, 1.807) is 6.07 Å². The molecule has 0 unspecified atom stereocenters. The Balaban J connectivity index is 1.86. The van der Waals surface area contributed by atoms with Crippen LogP contribution in [0.1, 0.15) is 24.4 Å². The molecule has 2 heterocycles. The average molecular weight is 321 g/mol. The number of rotatable bonds is 3. The first-order valence-electron chi connectivity index (χ1n) is 8.27. The molecule has 0 aliphatic carbocycles. The Hall–Kier alpha value is -1.50. The first-order chi connectivity index (χ1) is 11.1. The molecule has 1 amide bonds. The molecule has 0 saturated carbocycles. The Morgan fingerprint density at radius 3 is 2.78 bits per heavy atom. The van der Waals surface area contributed by atoms with Crippen LogP contribution in [-0.2, 0) is 9.53 Å². The van der Waals surface area contributed by atoms with Gasteiger partial charge in [0.15, 0.2) is 0 Å². The molecule has 2 aliphatic heterocycles. The predicted octanol–water partition coefficient (Wildman–Crippen LogP) is 1.15. The zero-order chi connectivity index (χ0) is 16.2. The van der Waals surface area contributed by atoms with E-state index in [0.717, 1.165) is 19.4 Å². The summed E-state index contributed by atoms with van der Waals surface area (Å²) in [4.78, 5) is 17.0. The number of nitrogens with zero attached hydrogens (tertiary/aromatic N) is 2. The number of likely N-dealkylation sites (tertiary alicyclic amines) is 1. The van der Waals surface area contributed by atoms with Crippen molar-refractivity contribution in [2.24, 2.45) is 5.73 Å². The van der Waals surface area contributed by atoms with E-state index < -0.39 is 6.04 Å². The van der Waals surface area contributed by atoms with Crippen molar-refractivity contribution in [2.75, 3.05) is 39.4 Å². The maximum Gasteiger partial charge on any atom is 0.244 e. The molecule has 0 bridgehead atoms. The highest BCUT2D eigenvalue weighted by Gasteiger charge is 2.34. The van der Waals surface area contributed by atoms with Gasteiger partial charge in [-0.2, -0.15) is 0 Å². The quantitative estimate of drug-likeness (QED) is 0.907. The lowest BCUT2D eigenvalue weighted by atomic mass is 10.00. The Morgan fingerprint density at radius 1 is 1.30 bits per heavy atom. The van der Waals surface area contributed by atoms with Crippen LogP contribution in [0.5, 0.6) is 0 Å². The maximum absolute atomic E-state index is 13.7. The molecule has 2 N–H and O–H groups in total. The molecule has 126 valence electrons. The number of hydrogen-bond donors (Lipinski definition) is 1. The number of carbonyl (C=O) groups is 1. The van der Waals surface area contributed by atoms with Crippen LogP contribution in [0.15, 0.2) is 24.3 Å². The molecule has 1 aromatic carbocycles. The summed E-state index contributed by atoms with van der Waals surface area (Å²) in [5.74, 6) is -0.295. The van der Waals surface area contributed by atoms with Gasteiger partial charge in [-0.3, -0.25) is 9.69 Å². The maximum atomic E-state index is 13.7. The number of piperidine rings is 1. The molecular weight excluding hydrogens is 297 g/mol. The van der Waals surface area contributed by atoms with E-state index in [-0.39, 0.29) is 17.8 Å². The number of ether oxygens (including phenoxy) is 1. The van der Waals surface area contributed by atoms with Crippen LogP contribution in [0.3, 0.4) is 0 Å². The van der Waals surface area contributed by atoms with E-state index in [1.165, 1.54) is 12.1 Å². The first kappa shape index (κ1) is 16.4. The van der Waals surface area contributed by atoms with Crippen molar-refractivity contribution >= 4 is 5.91 Å². The topological polar surface area (TPSA) is 58.8 Å². The molecule has 2 aliphatic rings. The minimum absolute atomic E-state index is 0.0210. The van der Waals surface area contributed by atoms with Crippen molar-refractivity contribution in [1.29, 1.82) is 0 Å². The fraction of sp³-hybridized carbons (Fsp3) is 0.588. The molecule has 0 aromatic heterocycles. The Labute approximate surface area is 136 Å². The van der Waals surface area contributed by atoms with Crippen LogP contribution in [0, 0.1) is 5.82 Å². The summed E-state index contributed by atoms with van der Waals surface area (Å²) < 4.78 is 19.1. The predicted molar refractivity (Wildman–Crippen MR) is 85.3 cm³/mol. The summed E-state index contributed by atoms with van der Waals surface area (Å²) in [7, 11) is 0. The summed E-state index contributed by atoms with van der Waals surface area (Å²) in [6.07, 6.45) is 1.87. The monoisotopic (exact) mass is 321 g/mol. The second-order valence-corrected chi connectivity index (χ2v) is 6.29. The van der Waals surface area contributed by atoms with Gasteiger partial charge in [0.2, 0.25) is 5.91 Å². The van der Waals surface area contributed by atoms with Gasteiger partial charge in [-0.1, -0.05) is 12.1 Å². The second-order valence-electron chi connectivity index (χ2n) is 6.29. The van der Waals surface area contributed by atoms with Crippen molar-refractivity contribution < 1.29 is 13.9 Å². The van der Waals surface area contributed by atoms with Gasteiger partial charge in [0.05, 0.1) is 13.2 Å². The highest BCUT2D eigenvalue weighted by Crippen LogP contribution is 2.26. The van der Waals surface area contributed by atoms with Crippen molar-refractivity contribution in [3.8, 4) is 0 Å². The Kier molecular flexibility index (Phi) is 5.25. The van der Waals surface area contributed by atoms with Crippen molar-refractivity contribution in [3.63, 3.8) is 0 Å². The normalized spacial score (nSPS) is 24.4. The fourth-order valence-corrected chi connectivity index (χ4v) is 3.41. The van der Waals surface area contributed by atoms with Gasteiger partial charge in [-0.05, 0) is 30.5 Å². The number of nitrogens with two attached hydrogens (primary N) is 1. The third-order valence-corrected chi connectivity index (χ3v) is 4.58. The third kappa shape index (κ3) is 3.88. The zero-order valence-corrected chi connectivity index (χ0v) is 13.3. The van der Waals surface area contributed by atoms with Crippen LogP contribution < -0.4 is 5.73 Å². The van der Waals surface area contributed by atoms with E-state index >= 15 is 0 Å². The summed E-state index contributed by atoms with van der Waals surface area (Å²) in [5.41, 5.74) is 6.72. The van der Waals surface area contributed by atoms with E-state index in [9.17, 15) is 9.18 Å². The summed E-state index contributed by atoms with van der Waals surface area (Å²) in [6, 6.07) is 5.92. The van der Waals surface area contributed by atoms with Crippen molar-refractivity contribution in [2.45, 2.75) is 24.9 Å².